The van der Waals surface area contributed by atoms with Crippen molar-refractivity contribution in [3.63, 3.8) is 0 Å². The summed E-state index contributed by atoms with van der Waals surface area (Å²) in [6, 6.07) is 3.36. The summed E-state index contributed by atoms with van der Waals surface area (Å²) in [4.78, 5) is 14.0. The minimum absolute atomic E-state index is 0.0720. The van der Waals surface area contributed by atoms with E-state index in [-0.39, 0.29) is 16.6 Å². The van der Waals surface area contributed by atoms with E-state index in [1.807, 2.05) is 6.92 Å². The number of morpholine rings is 1. The highest BCUT2D eigenvalue weighted by Crippen LogP contribution is 2.21. The van der Waals surface area contributed by atoms with Gasteiger partial charge in [0.05, 0.1) is 23.2 Å². The number of sulfonamides is 1. The molecule has 0 saturated carbocycles. The summed E-state index contributed by atoms with van der Waals surface area (Å²) in [5, 5.41) is 0. The van der Waals surface area contributed by atoms with Crippen molar-refractivity contribution in [2.24, 2.45) is 0 Å². The molecule has 1 heterocycles. The first-order valence-electron chi connectivity index (χ1n) is 8.01. The zero-order valence-corrected chi connectivity index (χ0v) is 15.0. The number of carbonyl (C=O) groups is 1. The molecule has 1 aliphatic heterocycles. The lowest BCUT2D eigenvalue weighted by Gasteiger charge is -2.31. The van der Waals surface area contributed by atoms with Gasteiger partial charge in [0.25, 0.3) is 5.91 Å². The van der Waals surface area contributed by atoms with Crippen LogP contribution in [-0.2, 0) is 14.8 Å². The lowest BCUT2D eigenvalue weighted by Crippen LogP contribution is -2.44. The first kappa shape index (κ1) is 18.8. The van der Waals surface area contributed by atoms with Gasteiger partial charge in [-0.1, -0.05) is 13.8 Å². The maximum atomic E-state index is 14.1. The van der Waals surface area contributed by atoms with Crippen LogP contribution in [0.15, 0.2) is 23.1 Å². The Morgan fingerprint density at radius 1 is 1.38 bits per heavy atom. The molecule has 24 heavy (non-hydrogen) atoms. The Hall–Kier alpha value is -1.51. The van der Waals surface area contributed by atoms with E-state index in [2.05, 4.69) is 0 Å². The number of halogens is 1. The van der Waals surface area contributed by atoms with Crippen LogP contribution in [0.4, 0.5) is 4.39 Å². The van der Waals surface area contributed by atoms with Crippen LogP contribution in [0.5, 0.6) is 0 Å². The molecule has 1 aliphatic rings. The fourth-order valence-corrected chi connectivity index (χ4v) is 4.20. The van der Waals surface area contributed by atoms with Crippen LogP contribution in [-0.4, -0.2) is 62.4 Å². The number of hydrogen-bond donors (Lipinski definition) is 0. The smallest absolute Gasteiger partial charge is 0.257 e. The van der Waals surface area contributed by atoms with Crippen LogP contribution in [0.3, 0.4) is 0 Å². The van der Waals surface area contributed by atoms with Gasteiger partial charge in [0.2, 0.25) is 10.0 Å². The molecule has 0 spiro atoms. The summed E-state index contributed by atoms with van der Waals surface area (Å²) in [7, 11) is -3.74. The van der Waals surface area contributed by atoms with Crippen LogP contribution in [0, 0.1) is 5.82 Å². The molecule has 1 fully saturated rings. The molecule has 1 aromatic rings. The van der Waals surface area contributed by atoms with Crippen molar-refractivity contribution >= 4 is 15.9 Å². The Labute approximate surface area is 142 Å². The van der Waals surface area contributed by atoms with E-state index in [1.54, 1.807) is 13.8 Å². The average molecular weight is 358 g/mol. The third kappa shape index (κ3) is 3.76. The second-order valence-electron chi connectivity index (χ2n) is 5.66. The summed E-state index contributed by atoms with van der Waals surface area (Å²) in [5.41, 5.74) is -0.225. The highest BCUT2D eigenvalue weighted by Gasteiger charge is 2.28. The summed E-state index contributed by atoms with van der Waals surface area (Å²) in [6.45, 7) is 6.99. The Bertz CT molecular complexity index is 704. The molecule has 1 aromatic carbocycles. The van der Waals surface area contributed by atoms with E-state index in [1.165, 1.54) is 15.3 Å². The summed E-state index contributed by atoms with van der Waals surface area (Å²) < 4.78 is 45.9. The summed E-state index contributed by atoms with van der Waals surface area (Å²) in [6.07, 6.45) is -0.131. The molecular weight excluding hydrogens is 335 g/mol. The van der Waals surface area contributed by atoms with Crippen LogP contribution in [0.1, 0.15) is 31.1 Å². The minimum Gasteiger partial charge on any atom is -0.375 e. The van der Waals surface area contributed by atoms with Crippen molar-refractivity contribution in [1.29, 1.82) is 0 Å². The van der Waals surface area contributed by atoms with Gasteiger partial charge in [-0.05, 0) is 25.1 Å². The predicted molar refractivity (Wildman–Crippen MR) is 87.8 cm³/mol. The number of benzene rings is 1. The lowest BCUT2D eigenvalue weighted by molar-refractivity contribution is -0.0126. The Morgan fingerprint density at radius 2 is 2.04 bits per heavy atom. The zero-order chi connectivity index (χ0) is 17.9. The Balaban J connectivity index is 2.37. The van der Waals surface area contributed by atoms with Gasteiger partial charge in [0.1, 0.15) is 5.82 Å². The lowest BCUT2D eigenvalue weighted by atomic mass is 10.1. The fourth-order valence-electron chi connectivity index (χ4n) is 2.71. The van der Waals surface area contributed by atoms with Crippen molar-refractivity contribution < 1.29 is 22.3 Å². The van der Waals surface area contributed by atoms with E-state index in [9.17, 15) is 17.6 Å². The molecule has 0 N–H and O–H groups in total. The van der Waals surface area contributed by atoms with Gasteiger partial charge >= 0.3 is 0 Å². The van der Waals surface area contributed by atoms with Gasteiger partial charge in [0, 0.05) is 26.2 Å². The molecule has 1 saturated heterocycles. The number of hydrogen-bond acceptors (Lipinski definition) is 4. The Morgan fingerprint density at radius 3 is 2.62 bits per heavy atom. The normalized spacial score (nSPS) is 18.9. The van der Waals surface area contributed by atoms with Gasteiger partial charge in [-0.15, -0.1) is 0 Å². The van der Waals surface area contributed by atoms with E-state index >= 15 is 0 Å². The summed E-state index contributed by atoms with van der Waals surface area (Å²) >= 11 is 0. The second kappa shape index (κ2) is 7.58. The van der Waals surface area contributed by atoms with Gasteiger partial charge in [0.15, 0.2) is 0 Å². The number of rotatable bonds is 5. The Kier molecular flexibility index (Phi) is 5.95. The van der Waals surface area contributed by atoms with Crippen molar-refractivity contribution in [3.8, 4) is 0 Å². The molecular formula is C16H23FN2O4S. The molecule has 0 aromatic heterocycles. The second-order valence-corrected chi connectivity index (χ2v) is 7.60. The molecule has 134 valence electrons. The largest absolute Gasteiger partial charge is 0.375 e. The van der Waals surface area contributed by atoms with Crippen LogP contribution in [0.25, 0.3) is 0 Å². The number of ether oxygens (including phenoxy) is 1. The highest BCUT2D eigenvalue weighted by molar-refractivity contribution is 7.89. The predicted octanol–water partition coefficient (Wildman–Crippen LogP) is 1.72. The third-order valence-corrected chi connectivity index (χ3v) is 6.09. The first-order valence-corrected chi connectivity index (χ1v) is 9.45. The van der Waals surface area contributed by atoms with Crippen molar-refractivity contribution in [1.82, 2.24) is 9.21 Å². The average Bonchev–Trinajstić information content (AvgIpc) is 2.55. The molecule has 8 heteroatoms. The zero-order valence-electron chi connectivity index (χ0n) is 14.2. The maximum Gasteiger partial charge on any atom is 0.257 e. The maximum absolute atomic E-state index is 14.1. The fraction of sp³-hybridized carbons (Fsp3) is 0.562. The summed E-state index contributed by atoms with van der Waals surface area (Å²) in [5.74, 6) is -1.24. The standard InChI is InChI=1S/C16H23FN2O4S/c1-4-19(5-2)24(21,22)13-6-7-15(17)14(10-13)16(20)18-8-9-23-12(3)11-18/h6-7,10,12H,4-5,8-9,11H2,1-3H3. The number of nitrogens with zero attached hydrogens (tertiary/aromatic N) is 2. The van der Waals surface area contributed by atoms with Crippen LogP contribution >= 0.6 is 0 Å². The van der Waals surface area contributed by atoms with Crippen molar-refractivity contribution in [2.45, 2.75) is 31.8 Å². The molecule has 0 aliphatic carbocycles. The highest BCUT2D eigenvalue weighted by atomic mass is 32.2. The third-order valence-electron chi connectivity index (χ3n) is 4.04. The van der Waals surface area contributed by atoms with Crippen molar-refractivity contribution in [3.05, 3.63) is 29.6 Å². The molecule has 6 nitrogen and oxygen atoms in total. The molecule has 1 amide bonds. The molecule has 0 radical (unpaired) electrons. The molecule has 1 atom stereocenters. The quantitative estimate of drug-likeness (QED) is 0.804. The van der Waals surface area contributed by atoms with Crippen molar-refractivity contribution in [2.75, 3.05) is 32.8 Å². The minimum atomic E-state index is -3.74. The van der Waals surface area contributed by atoms with Gasteiger partial charge < -0.3 is 9.64 Å². The molecule has 2 rings (SSSR count). The van der Waals surface area contributed by atoms with E-state index < -0.39 is 21.7 Å². The van der Waals surface area contributed by atoms with Crippen LogP contribution in [0.2, 0.25) is 0 Å². The monoisotopic (exact) mass is 358 g/mol. The van der Waals surface area contributed by atoms with E-state index in [0.717, 1.165) is 12.1 Å². The SMILES string of the molecule is CCN(CC)S(=O)(=O)c1ccc(F)c(C(=O)N2CCOC(C)C2)c1. The van der Waals surface area contributed by atoms with Gasteiger partial charge in [-0.2, -0.15) is 4.31 Å². The van der Waals surface area contributed by atoms with Gasteiger partial charge in [-0.25, -0.2) is 12.8 Å². The number of carbonyl (C=O) groups excluding carboxylic acids is 1. The van der Waals surface area contributed by atoms with E-state index in [4.69, 9.17) is 4.74 Å². The number of amides is 1. The van der Waals surface area contributed by atoms with Gasteiger partial charge in [-0.3, -0.25) is 4.79 Å². The topological polar surface area (TPSA) is 66.9 Å². The molecule has 0 bridgehead atoms. The first-order chi connectivity index (χ1) is 11.3. The van der Waals surface area contributed by atoms with E-state index in [0.29, 0.717) is 32.8 Å². The molecule has 1 unspecified atom stereocenters. The van der Waals surface area contributed by atoms with Crippen LogP contribution < -0.4 is 0 Å².